The Morgan fingerprint density at radius 2 is 0.508 bits per heavy atom. The van der Waals surface area contributed by atoms with Crippen LogP contribution in [0, 0.1) is 0 Å². The van der Waals surface area contributed by atoms with Gasteiger partial charge in [0.05, 0.1) is 0 Å². The molecule has 0 aromatic carbocycles. The van der Waals surface area contributed by atoms with Crippen LogP contribution in [0.1, 0.15) is 329 Å². The molecule has 0 aliphatic rings. The number of carbonyl (C=O) groups is 3. The molecule has 6 nitrogen and oxygen atoms in total. The Kier molecular flexibility index (Phi) is 53.2. The summed E-state index contributed by atoms with van der Waals surface area (Å²) in [7, 11) is 0. The molecule has 0 aromatic heterocycles. The van der Waals surface area contributed by atoms with E-state index in [2.05, 4.69) is 32.9 Å². The van der Waals surface area contributed by atoms with Crippen molar-refractivity contribution in [2.75, 3.05) is 13.2 Å². The van der Waals surface area contributed by atoms with Crippen LogP contribution in [0.4, 0.5) is 0 Å². The summed E-state index contributed by atoms with van der Waals surface area (Å²) in [4.78, 5) is 38.1. The summed E-state index contributed by atoms with van der Waals surface area (Å²) in [5.41, 5.74) is 0. The van der Waals surface area contributed by atoms with E-state index in [0.717, 1.165) is 57.8 Å². The van der Waals surface area contributed by atoms with E-state index < -0.39 is 6.10 Å². The van der Waals surface area contributed by atoms with Crippen LogP contribution in [0.5, 0.6) is 0 Å². The predicted molar refractivity (Wildman–Crippen MR) is 280 cm³/mol. The molecule has 0 saturated carbocycles. The van der Waals surface area contributed by atoms with Crippen molar-refractivity contribution >= 4 is 17.9 Å². The Bertz CT molecular complexity index is 1010. The Labute approximate surface area is 405 Å². The van der Waals surface area contributed by atoms with Gasteiger partial charge in [-0.1, -0.05) is 277 Å². The van der Waals surface area contributed by atoms with E-state index >= 15 is 0 Å². The van der Waals surface area contributed by atoms with Crippen molar-refractivity contribution < 1.29 is 28.6 Å². The van der Waals surface area contributed by atoms with Gasteiger partial charge in [0.25, 0.3) is 0 Å². The third-order valence-corrected chi connectivity index (χ3v) is 13.3. The van der Waals surface area contributed by atoms with Crippen LogP contribution in [0.25, 0.3) is 0 Å². The molecule has 0 N–H and O–H groups in total. The van der Waals surface area contributed by atoms with E-state index in [-0.39, 0.29) is 31.1 Å². The SMILES string of the molecule is CCCCCC/C=C\CCCCCCCCCC(=O)OC[C@H](COC(=O)CCCCCCCCCCCCCCC)OC(=O)CCCCCCCCCCCCCCCCCCCCC. The zero-order valence-corrected chi connectivity index (χ0v) is 44.0. The third kappa shape index (κ3) is 53.0. The maximum atomic E-state index is 12.9. The summed E-state index contributed by atoms with van der Waals surface area (Å²) >= 11 is 0. The summed E-state index contributed by atoms with van der Waals surface area (Å²) in [5.74, 6) is -0.845. The molecule has 0 heterocycles. The summed E-state index contributed by atoms with van der Waals surface area (Å²) in [5, 5.41) is 0. The predicted octanol–water partition coefficient (Wildman–Crippen LogP) is 19.3. The maximum Gasteiger partial charge on any atom is 0.306 e. The second-order valence-electron chi connectivity index (χ2n) is 19.9. The normalized spacial score (nSPS) is 12.0. The van der Waals surface area contributed by atoms with Crippen LogP contribution in [0.15, 0.2) is 12.2 Å². The van der Waals surface area contributed by atoms with E-state index in [4.69, 9.17) is 14.2 Å². The largest absolute Gasteiger partial charge is 0.462 e. The Balaban J connectivity index is 4.29. The Morgan fingerprint density at radius 1 is 0.292 bits per heavy atom. The molecular weight excluding hydrogens is 805 g/mol. The van der Waals surface area contributed by atoms with Crippen LogP contribution in [-0.2, 0) is 28.6 Å². The lowest BCUT2D eigenvalue weighted by atomic mass is 10.0. The van der Waals surface area contributed by atoms with Gasteiger partial charge in [0.15, 0.2) is 6.10 Å². The summed E-state index contributed by atoms with van der Waals surface area (Å²) in [6.45, 7) is 6.68. The first kappa shape index (κ1) is 63.1. The van der Waals surface area contributed by atoms with Gasteiger partial charge in [-0.15, -0.1) is 0 Å². The van der Waals surface area contributed by atoms with Crippen LogP contribution in [-0.4, -0.2) is 37.2 Å². The Morgan fingerprint density at radius 3 is 0.785 bits per heavy atom. The van der Waals surface area contributed by atoms with Crippen LogP contribution in [0.2, 0.25) is 0 Å². The summed E-state index contributed by atoms with van der Waals surface area (Å²) in [6.07, 6.45) is 62.0. The number of hydrogen-bond acceptors (Lipinski definition) is 6. The van der Waals surface area contributed by atoms with E-state index in [0.29, 0.717) is 19.3 Å². The molecule has 0 fully saturated rings. The standard InChI is InChI=1S/C59H112O6/c1-4-7-10-13-16-19-22-25-27-28-29-30-32-35-38-41-44-47-50-53-59(62)65-56(54-63-57(60)51-48-45-42-39-36-33-24-21-18-15-12-9-6-3)55-64-58(61)52-49-46-43-40-37-34-31-26-23-20-17-14-11-8-5-2/h20,23,56H,4-19,21-22,24-55H2,1-3H3/b23-20-/t56-/m0/s1. The van der Waals surface area contributed by atoms with E-state index in [1.54, 1.807) is 0 Å². The van der Waals surface area contributed by atoms with Gasteiger partial charge in [-0.2, -0.15) is 0 Å². The summed E-state index contributed by atoms with van der Waals surface area (Å²) < 4.78 is 16.9. The van der Waals surface area contributed by atoms with Gasteiger partial charge in [0.2, 0.25) is 0 Å². The fourth-order valence-corrected chi connectivity index (χ4v) is 8.85. The highest BCUT2D eigenvalue weighted by Crippen LogP contribution is 2.17. The van der Waals surface area contributed by atoms with Gasteiger partial charge in [0.1, 0.15) is 13.2 Å². The minimum atomic E-state index is -0.765. The molecule has 0 aliphatic carbocycles. The molecule has 0 aromatic rings. The minimum Gasteiger partial charge on any atom is -0.462 e. The molecule has 65 heavy (non-hydrogen) atoms. The zero-order chi connectivity index (χ0) is 47.2. The third-order valence-electron chi connectivity index (χ3n) is 13.3. The van der Waals surface area contributed by atoms with Gasteiger partial charge >= 0.3 is 17.9 Å². The highest BCUT2D eigenvalue weighted by atomic mass is 16.6. The molecule has 6 heteroatoms. The Hall–Kier alpha value is -1.85. The highest BCUT2D eigenvalue weighted by Gasteiger charge is 2.19. The molecule has 0 saturated heterocycles. The van der Waals surface area contributed by atoms with Crippen molar-refractivity contribution in [1.82, 2.24) is 0 Å². The topological polar surface area (TPSA) is 78.9 Å². The molecule has 384 valence electrons. The molecule has 0 amide bonds. The van der Waals surface area contributed by atoms with Gasteiger partial charge in [0, 0.05) is 19.3 Å². The molecule has 0 bridgehead atoms. The molecular formula is C59H112O6. The van der Waals surface area contributed by atoms with E-state index in [9.17, 15) is 14.4 Å². The number of rotatable bonds is 54. The van der Waals surface area contributed by atoms with Crippen LogP contribution < -0.4 is 0 Å². The van der Waals surface area contributed by atoms with E-state index in [1.807, 2.05) is 0 Å². The second-order valence-corrected chi connectivity index (χ2v) is 19.9. The minimum absolute atomic E-state index is 0.0652. The fraction of sp³-hybridized carbons (Fsp3) is 0.915. The van der Waals surface area contributed by atoms with Gasteiger partial charge in [-0.05, 0) is 44.9 Å². The van der Waals surface area contributed by atoms with Crippen molar-refractivity contribution in [3.05, 3.63) is 12.2 Å². The number of ether oxygens (including phenoxy) is 3. The molecule has 0 unspecified atom stereocenters. The maximum absolute atomic E-state index is 12.9. The van der Waals surface area contributed by atoms with E-state index in [1.165, 1.54) is 231 Å². The molecule has 0 radical (unpaired) electrons. The van der Waals surface area contributed by atoms with Gasteiger partial charge in [-0.25, -0.2) is 0 Å². The molecule has 0 aliphatic heterocycles. The van der Waals surface area contributed by atoms with Gasteiger partial charge < -0.3 is 14.2 Å². The summed E-state index contributed by atoms with van der Waals surface area (Å²) in [6, 6.07) is 0. The fourth-order valence-electron chi connectivity index (χ4n) is 8.85. The van der Waals surface area contributed by atoms with Crippen LogP contribution >= 0.6 is 0 Å². The molecule has 1 atom stereocenters. The molecule has 0 rings (SSSR count). The smallest absolute Gasteiger partial charge is 0.306 e. The van der Waals surface area contributed by atoms with Crippen molar-refractivity contribution in [2.24, 2.45) is 0 Å². The highest BCUT2D eigenvalue weighted by molar-refractivity contribution is 5.71. The average Bonchev–Trinajstić information content (AvgIpc) is 3.30. The van der Waals surface area contributed by atoms with Crippen LogP contribution in [0.3, 0.4) is 0 Å². The lowest BCUT2D eigenvalue weighted by molar-refractivity contribution is -0.167. The lowest BCUT2D eigenvalue weighted by Crippen LogP contribution is -2.30. The monoisotopic (exact) mass is 917 g/mol. The average molecular weight is 918 g/mol. The first-order valence-electron chi connectivity index (χ1n) is 29.2. The second kappa shape index (κ2) is 54.8. The van der Waals surface area contributed by atoms with Crippen molar-refractivity contribution in [3.8, 4) is 0 Å². The van der Waals surface area contributed by atoms with Gasteiger partial charge in [-0.3, -0.25) is 14.4 Å². The number of allylic oxidation sites excluding steroid dienone is 2. The number of hydrogen-bond donors (Lipinski definition) is 0. The molecule has 0 spiro atoms. The quantitative estimate of drug-likeness (QED) is 0.0262. The van der Waals surface area contributed by atoms with Crippen molar-refractivity contribution in [1.29, 1.82) is 0 Å². The number of esters is 3. The van der Waals surface area contributed by atoms with Crippen molar-refractivity contribution in [3.63, 3.8) is 0 Å². The number of carbonyl (C=O) groups excluding carboxylic acids is 3. The number of unbranched alkanes of at least 4 members (excludes halogenated alkanes) is 41. The zero-order valence-electron chi connectivity index (χ0n) is 44.0. The first-order valence-corrected chi connectivity index (χ1v) is 29.2. The lowest BCUT2D eigenvalue weighted by Gasteiger charge is -2.18. The van der Waals surface area contributed by atoms with Crippen molar-refractivity contribution in [2.45, 2.75) is 335 Å². The first-order chi connectivity index (χ1) is 32.0.